The Balaban J connectivity index is 1.82. The minimum atomic E-state index is -0.0408. The van der Waals surface area contributed by atoms with Crippen LogP contribution >= 0.6 is 0 Å². The minimum Gasteiger partial charge on any atom is -0.336 e. The van der Waals surface area contributed by atoms with Gasteiger partial charge in [0.25, 0.3) is 0 Å². The van der Waals surface area contributed by atoms with Crippen molar-refractivity contribution in [3.8, 4) is 0 Å². The topological polar surface area (TPSA) is 53.4 Å². The van der Waals surface area contributed by atoms with Crippen molar-refractivity contribution < 1.29 is 4.79 Å². The average molecular weight is 343 g/mol. The predicted molar refractivity (Wildman–Crippen MR) is 100 cm³/mol. The third kappa shape index (κ3) is 5.60. The molecule has 1 N–H and O–H groups in total. The van der Waals surface area contributed by atoms with Gasteiger partial charge >= 0.3 is 6.03 Å². The van der Waals surface area contributed by atoms with Gasteiger partial charge in [-0.1, -0.05) is 24.3 Å². The fourth-order valence-electron chi connectivity index (χ4n) is 2.85. The van der Waals surface area contributed by atoms with Crippen LogP contribution in [-0.2, 0) is 6.54 Å². The molecule has 0 saturated heterocycles. The van der Waals surface area contributed by atoms with Crippen LogP contribution < -0.4 is 5.32 Å². The van der Waals surface area contributed by atoms with Crippen LogP contribution in [0.15, 0.2) is 42.7 Å². The number of aromatic nitrogens is 2. The van der Waals surface area contributed by atoms with Gasteiger partial charge in [-0.25, -0.2) is 4.79 Å². The van der Waals surface area contributed by atoms with Crippen molar-refractivity contribution in [1.82, 2.24) is 24.9 Å². The maximum atomic E-state index is 12.4. The Kier molecular flexibility index (Phi) is 7.01. The predicted octanol–water partition coefficient (Wildman–Crippen LogP) is 2.53. The molecule has 1 aromatic heterocycles. The highest BCUT2D eigenvalue weighted by molar-refractivity contribution is 5.73. The summed E-state index contributed by atoms with van der Waals surface area (Å²) in [6, 6.07) is 10.3. The summed E-state index contributed by atoms with van der Waals surface area (Å²) in [7, 11) is 5.91. The molecule has 1 atom stereocenters. The molecule has 2 rings (SSSR count). The molecule has 2 aromatic rings. The highest BCUT2D eigenvalue weighted by Gasteiger charge is 2.18. The zero-order chi connectivity index (χ0) is 18.2. The Hall–Kier alpha value is -2.34. The lowest BCUT2D eigenvalue weighted by molar-refractivity contribution is 0.201. The van der Waals surface area contributed by atoms with Gasteiger partial charge in [0.15, 0.2) is 0 Å². The van der Waals surface area contributed by atoms with Gasteiger partial charge in [0.05, 0.1) is 6.04 Å². The third-order valence-electron chi connectivity index (χ3n) is 4.40. The van der Waals surface area contributed by atoms with Crippen LogP contribution in [0.25, 0.3) is 0 Å². The number of hydrogen-bond donors (Lipinski definition) is 1. The summed E-state index contributed by atoms with van der Waals surface area (Å²) in [4.78, 5) is 16.2. The summed E-state index contributed by atoms with van der Waals surface area (Å²) in [5, 5.41) is 7.23. The van der Waals surface area contributed by atoms with Crippen LogP contribution in [0.3, 0.4) is 0 Å². The summed E-state index contributed by atoms with van der Waals surface area (Å²) in [5.74, 6) is 0. The number of nitrogens with one attached hydrogen (secondary N) is 1. The Morgan fingerprint density at radius 3 is 2.64 bits per heavy atom. The van der Waals surface area contributed by atoms with E-state index < -0.39 is 0 Å². The van der Waals surface area contributed by atoms with Crippen molar-refractivity contribution in [2.75, 3.05) is 34.2 Å². The fourth-order valence-corrected chi connectivity index (χ4v) is 2.85. The van der Waals surface area contributed by atoms with E-state index in [0.29, 0.717) is 13.1 Å². The van der Waals surface area contributed by atoms with Gasteiger partial charge in [-0.3, -0.25) is 4.68 Å². The molecule has 6 nitrogen and oxygen atoms in total. The molecule has 0 aliphatic carbocycles. The number of likely N-dealkylation sites (N-methyl/N-ethyl adjacent to an activating group) is 1. The number of benzene rings is 1. The van der Waals surface area contributed by atoms with E-state index in [4.69, 9.17) is 0 Å². The summed E-state index contributed by atoms with van der Waals surface area (Å²) >= 11 is 0. The van der Waals surface area contributed by atoms with Gasteiger partial charge in [-0.15, -0.1) is 0 Å². The van der Waals surface area contributed by atoms with E-state index in [1.165, 1.54) is 11.1 Å². The van der Waals surface area contributed by atoms with Gasteiger partial charge in [-0.05, 0) is 44.6 Å². The number of amides is 2. The van der Waals surface area contributed by atoms with E-state index in [1.807, 2.05) is 50.2 Å². The smallest absolute Gasteiger partial charge is 0.317 e. The number of hydrogen-bond acceptors (Lipinski definition) is 3. The first-order chi connectivity index (χ1) is 12.0. The maximum absolute atomic E-state index is 12.4. The molecule has 136 valence electrons. The van der Waals surface area contributed by atoms with Crippen molar-refractivity contribution in [2.24, 2.45) is 0 Å². The van der Waals surface area contributed by atoms with Crippen LogP contribution in [0.1, 0.15) is 23.6 Å². The molecular weight excluding hydrogens is 314 g/mol. The maximum Gasteiger partial charge on any atom is 0.317 e. The largest absolute Gasteiger partial charge is 0.336 e. The molecule has 0 aliphatic rings. The minimum absolute atomic E-state index is 0.0408. The van der Waals surface area contributed by atoms with E-state index in [9.17, 15) is 4.79 Å². The molecule has 0 radical (unpaired) electrons. The lowest BCUT2D eigenvalue weighted by Gasteiger charge is -2.27. The first kappa shape index (κ1) is 19.0. The molecule has 0 fully saturated rings. The normalized spacial score (nSPS) is 12.2. The van der Waals surface area contributed by atoms with E-state index in [1.54, 1.807) is 11.1 Å². The van der Waals surface area contributed by atoms with Crippen molar-refractivity contribution in [1.29, 1.82) is 0 Å². The molecule has 1 heterocycles. The molecule has 2 amide bonds. The third-order valence-corrected chi connectivity index (χ3v) is 4.40. The highest BCUT2D eigenvalue weighted by atomic mass is 16.2. The molecule has 1 aromatic carbocycles. The molecule has 25 heavy (non-hydrogen) atoms. The van der Waals surface area contributed by atoms with Crippen molar-refractivity contribution >= 4 is 6.03 Å². The van der Waals surface area contributed by atoms with Crippen molar-refractivity contribution in [3.63, 3.8) is 0 Å². The zero-order valence-corrected chi connectivity index (χ0v) is 15.6. The van der Waals surface area contributed by atoms with Crippen LogP contribution in [0.2, 0.25) is 0 Å². The van der Waals surface area contributed by atoms with Gasteiger partial charge < -0.3 is 15.1 Å². The van der Waals surface area contributed by atoms with Gasteiger partial charge in [0, 0.05) is 39.1 Å². The molecule has 0 unspecified atom stereocenters. The number of carbonyl (C=O) groups excluding carboxylic acids is 1. The first-order valence-corrected chi connectivity index (χ1v) is 8.67. The van der Waals surface area contributed by atoms with Crippen LogP contribution in [0.5, 0.6) is 0 Å². The molecular formula is C19H29N5O. The molecule has 0 saturated carbocycles. The first-order valence-electron chi connectivity index (χ1n) is 8.67. The van der Waals surface area contributed by atoms with Crippen LogP contribution in [0, 0.1) is 6.92 Å². The van der Waals surface area contributed by atoms with E-state index in [-0.39, 0.29) is 12.1 Å². The van der Waals surface area contributed by atoms with Crippen molar-refractivity contribution in [2.45, 2.75) is 25.9 Å². The Morgan fingerprint density at radius 2 is 2.00 bits per heavy atom. The fraction of sp³-hybridized carbons (Fsp3) is 0.474. The average Bonchev–Trinajstić information content (AvgIpc) is 3.09. The lowest BCUT2D eigenvalue weighted by Crippen LogP contribution is -2.42. The Bertz CT molecular complexity index is 654. The zero-order valence-electron chi connectivity index (χ0n) is 15.6. The lowest BCUT2D eigenvalue weighted by atomic mass is 10.0. The van der Waals surface area contributed by atoms with E-state index in [0.717, 1.165) is 13.0 Å². The van der Waals surface area contributed by atoms with E-state index in [2.05, 4.69) is 34.4 Å². The quantitative estimate of drug-likeness (QED) is 0.801. The van der Waals surface area contributed by atoms with Crippen LogP contribution in [-0.4, -0.2) is 59.8 Å². The monoisotopic (exact) mass is 343 g/mol. The summed E-state index contributed by atoms with van der Waals surface area (Å²) < 4.78 is 1.88. The van der Waals surface area contributed by atoms with Crippen LogP contribution in [0.4, 0.5) is 4.79 Å². The van der Waals surface area contributed by atoms with Gasteiger partial charge in [-0.2, -0.15) is 5.10 Å². The van der Waals surface area contributed by atoms with E-state index >= 15 is 0 Å². The highest BCUT2D eigenvalue weighted by Crippen LogP contribution is 2.20. The summed E-state index contributed by atoms with van der Waals surface area (Å²) in [6.45, 7) is 4.20. The number of urea groups is 1. The summed E-state index contributed by atoms with van der Waals surface area (Å²) in [5.41, 5.74) is 2.48. The Labute approximate surface area is 150 Å². The van der Waals surface area contributed by atoms with Gasteiger partial charge in [0.1, 0.15) is 0 Å². The standard InChI is InChI=1S/C19H29N5O/c1-16-9-5-6-10-17(16)18(22(2)3)15-20-19(25)23(4)12-8-14-24-13-7-11-21-24/h5-7,9-11,13,18H,8,12,14-15H2,1-4H3,(H,20,25)/t18-/m0/s1. The van der Waals surface area contributed by atoms with Crippen molar-refractivity contribution in [3.05, 3.63) is 53.9 Å². The molecule has 0 spiro atoms. The second-order valence-corrected chi connectivity index (χ2v) is 6.57. The molecule has 6 heteroatoms. The number of nitrogens with zero attached hydrogens (tertiary/aromatic N) is 4. The number of aryl methyl sites for hydroxylation is 2. The number of rotatable bonds is 8. The second-order valence-electron chi connectivity index (χ2n) is 6.57. The van der Waals surface area contributed by atoms with Gasteiger partial charge in [0.2, 0.25) is 0 Å². The number of carbonyl (C=O) groups is 1. The second kappa shape index (κ2) is 9.22. The molecule has 0 aliphatic heterocycles. The Morgan fingerprint density at radius 1 is 1.24 bits per heavy atom. The molecule has 0 bridgehead atoms. The SMILES string of the molecule is Cc1ccccc1[C@H](CNC(=O)N(C)CCCn1cccn1)N(C)C. The summed E-state index contributed by atoms with van der Waals surface area (Å²) in [6.07, 6.45) is 4.58.